The van der Waals surface area contributed by atoms with Crippen LogP contribution in [0.2, 0.25) is 0 Å². The van der Waals surface area contributed by atoms with Crippen LogP contribution in [0.25, 0.3) is 0 Å². The molecule has 0 bridgehead atoms. The maximum absolute atomic E-state index is 13.1. The Hall–Kier alpha value is -1.37. The molecule has 1 saturated heterocycles. The van der Waals surface area contributed by atoms with Crippen LogP contribution >= 0.6 is 0 Å². The lowest BCUT2D eigenvalue weighted by Crippen LogP contribution is -2.60. The molecule has 10 heteroatoms. The van der Waals surface area contributed by atoms with Gasteiger partial charge in [-0.25, -0.2) is 0 Å². The summed E-state index contributed by atoms with van der Waals surface area (Å²) < 4.78 is 11.2. The van der Waals surface area contributed by atoms with E-state index >= 15 is 0 Å². The van der Waals surface area contributed by atoms with Crippen molar-refractivity contribution in [2.24, 2.45) is 0 Å². The van der Waals surface area contributed by atoms with E-state index in [0.29, 0.717) is 19.3 Å². The number of rotatable bonds is 40. The van der Waals surface area contributed by atoms with Gasteiger partial charge in [-0.15, -0.1) is 0 Å². The number of hydrogen-bond acceptors (Lipinski definition) is 9. The van der Waals surface area contributed by atoms with Gasteiger partial charge in [-0.1, -0.05) is 192 Å². The molecule has 1 aliphatic rings. The lowest BCUT2D eigenvalue weighted by Gasteiger charge is -2.40. The first-order valence-electron chi connectivity index (χ1n) is 24.1. The minimum atomic E-state index is -1.60. The van der Waals surface area contributed by atoms with E-state index in [1.807, 2.05) is 0 Å². The largest absolute Gasteiger partial charge is 0.394 e. The van der Waals surface area contributed by atoms with Crippen molar-refractivity contribution in [1.82, 2.24) is 5.32 Å². The molecule has 0 aromatic heterocycles. The van der Waals surface area contributed by atoms with Crippen molar-refractivity contribution in [3.63, 3.8) is 0 Å². The highest BCUT2D eigenvalue weighted by Gasteiger charge is 2.44. The van der Waals surface area contributed by atoms with Gasteiger partial charge < -0.3 is 45.4 Å². The summed E-state index contributed by atoms with van der Waals surface area (Å²) in [5.74, 6) is -0.591. The van der Waals surface area contributed by atoms with Crippen molar-refractivity contribution < 1.29 is 44.9 Å². The number of hydrogen-bond donors (Lipinski definition) is 7. The molecule has 1 amide bonds. The van der Waals surface area contributed by atoms with E-state index in [4.69, 9.17) is 9.47 Å². The Balaban J connectivity index is 2.38. The van der Waals surface area contributed by atoms with E-state index in [0.717, 1.165) is 70.6 Å². The second-order valence-electron chi connectivity index (χ2n) is 17.0. The van der Waals surface area contributed by atoms with Crippen LogP contribution in [0, 0.1) is 0 Å². The van der Waals surface area contributed by atoms with E-state index in [9.17, 15) is 35.4 Å². The van der Waals surface area contributed by atoms with E-state index < -0.39 is 61.5 Å². The summed E-state index contributed by atoms with van der Waals surface area (Å²) in [6.45, 7) is 3.64. The molecule has 0 aromatic carbocycles. The summed E-state index contributed by atoms with van der Waals surface area (Å²) in [6, 6.07) is -0.897. The monoisotopic (exact) mass is 826 g/mol. The molecule has 8 atom stereocenters. The zero-order valence-corrected chi connectivity index (χ0v) is 37.2. The number of carbonyl (C=O) groups excluding carboxylic acids is 1. The molecule has 1 fully saturated rings. The van der Waals surface area contributed by atoms with E-state index in [-0.39, 0.29) is 6.61 Å². The van der Waals surface area contributed by atoms with Crippen molar-refractivity contribution in [2.45, 2.75) is 262 Å². The van der Waals surface area contributed by atoms with Crippen LogP contribution in [0.3, 0.4) is 0 Å². The zero-order valence-electron chi connectivity index (χ0n) is 37.2. The van der Waals surface area contributed by atoms with Gasteiger partial charge in [0.1, 0.15) is 30.5 Å². The molecule has 342 valence electrons. The lowest BCUT2D eigenvalue weighted by atomic mass is 9.99. The zero-order chi connectivity index (χ0) is 42.5. The topological polar surface area (TPSA) is 169 Å². The van der Waals surface area contributed by atoms with E-state index in [1.54, 1.807) is 0 Å². The number of carbonyl (C=O) groups is 1. The second kappa shape index (κ2) is 38.5. The highest BCUT2D eigenvalue weighted by Crippen LogP contribution is 2.23. The smallest absolute Gasteiger partial charge is 0.249 e. The number of allylic oxidation sites excluding steroid dienone is 4. The third-order valence-electron chi connectivity index (χ3n) is 11.7. The first kappa shape index (κ1) is 54.6. The van der Waals surface area contributed by atoms with E-state index in [1.165, 1.54) is 109 Å². The number of aliphatic hydroxyl groups excluding tert-OH is 6. The van der Waals surface area contributed by atoms with Crippen LogP contribution in [0.15, 0.2) is 24.3 Å². The molecule has 1 rings (SSSR count). The van der Waals surface area contributed by atoms with Crippen LogP contribution in [0.1, 0.15) is 213 Å². The molecule has 0 aromatic rings. The molecule has 0 saturated carbocycles. The molecule has 7 N–H and O–H groups in total. The fraction of sp³-hybridized carbons (Fsp3) is 0.896. The van der Waals surface area contributed by atoms with Crippen molar-refractivity contribution in [3.8, 4) is 0 Å². The van der Waals surface area contributed by atoms with Gasteiger partial charge in [0.05, 0.1) is 25.4 Å². The second-order valence-corrected chi connectivity index (χ2v) is 17.0. The van der Waals surface area contributed by atoms with Crippen LogP contribution in [-0.2, 0) is 14.3 Å². The van der Waals surface area contributed by atoms with Gasteiger partial charge in [-0.2, -0.15) is 0 Å². The Morgan fingerprint density at radius 2 is 1.02 bits per heavy atom. The molecule has 58 heavy (non-hydrogen) atoms. The maximum Gasteiger partial charge on any atom is 0.249 e. The van der Waals surface area contributed by atoms with Gasteiger partial charge in [0.15, 0.2) is 6.29 Å². The SMILES string of the molecule is CCCCC/C=C\C/C=C\CCCCCCCCC(O)C(=O)NC(COC1OC(CO)C(O)C(O)C1O)C(O)CCCCCCCCCCCCCCCCCCC. The molecule has 0 spiro atoms. The van der Waals surface area contributed by atoms with Gasteiger partial charge in [-0.3, -0.25) is 4.79 Å². The Morgan fingerprint density at radius 3 is 1.52 bits per heavy atom. The Labute approximate surface area is 354 Å². The summed E-state index contributed by atoms with van der Waals surface area (Å²) in [6.07, 6.45) is 35.0. The van der Waals surface area contributed by atoms with Crippen LogP contribution in [0.4, 0.5) is 0 Å². The first-order chi connectivity index (χ1) is 28.3. The fourth-order valence-electron chi connectivity index (χ4n) is 7.67. The minimum absolute atomic E-state index is 0.258. The third kappa shape index (κ3) is 28.2. The number of nitrogens with one attached hydrogen (secondary N) is 1. The quantitative estimate of drug-likeness (QED) is 0.0235. The van der Waals surface area contributed by atoms with Gasteiger partial charge in [0.2, 0.25) is 5.91 Å². The van der Waals surface area contributed by atoms with Crippen molar-refractivity contribution in [1.29, 1.82) is 0 Å². The molecule has 8 unspecified atom stereocenters. The standard InChI is InChI=1S/C48H91NO9/c1-3-5-7-9-11-13-15-17-19-21-23-24-26-28-30-32-34-36-41(51)40(39-57-48-46(55)45(54)44(53)43(38-50)58-48)49-47(56)42(52)37-35-33-31-29-27-25-22-20-18-16-14-12-10-8-6-4-2/h12,14,18,20,40-46,48,50-55H,3-11,13,15-17,19,21-39H2,1-2H3,(H,49,56)/b14-12-,20-18-. The van der Waals surface area contributed by atoms with Crippen LogP contribution in [0.5, 0.6) is 0 Å². The average molecular weight is 826 g/mol. The molecule has 0 radical (unpaired) electrons. The lowest BCUT2D eigenvalue weighted by molar-refractivity contribution is -0.302. The number of ether oxygens (including phenoxy) is 2. The third-order valence-corrected chi connectivity index (χ3v) is 11.7. The van der Waals surface area contributed by atoms with Gasteiger partial charge in [0, 0.05) is 0 Å². The molecular weight excluding hydrogens is 735 g/mol. The van der Waals surface area contributed by atoms with Crippen molar-refractivity contribution in [3.05, 3.63) is 24.3 Å². The highest BCUT2D eigenvalue weighted by atomic mass is 16.7. The fourth-order valence-corrected chi connectivity index (χ4v) is 7.67. The number of aliphatic hydroxyl groups is 6. The van der Waals surface area contributed by atoms with E-state index in [2.05, 4.69) is 43.5 Å². The van der Waals surface area contributed by atoms with Crippen LogP contribution in [-0.4, -0.2) is 98.7 Å². The van der Waals surface area contributed by atoms with Gasteiger partial charge in [0.25, 0.3) is 0 Å². The Morgan fingerprint density at radius 1 is 0.586 bits per heavy atom. The highest BCUT2D eigenvalue weighted by molar-refractivity contribution is 5.80. The van der Waals surface area contributed by atoms with Crippen molar-refractivity contribution in [2.75, 3.05) is 13.2 Å². The molecular formula is C48H91NO9. The van der Waals surface area contributed by atoms with Crippen LogP contribution < -0.4 is 5.32 Å². The number of unbranched alkanes of at least 4 members (excludes halogenated alkanes) is 25. The maximum atomic E-state index is 13.1. The predicted octanol–water partition coefficient (Wildman–Crippen LogP) is 9.25. The summed E-state index contributed by atoms with van der Waals surface area (Å²) >= 11 is 0. The Bertz CT molecular complexity index is 979. The van der Waals surface area contributed by atoms with Gasteiger partial charge >= 0.3 is 0 Å². The predicted molar refractivity (Wildman–Crippen MR) is 236 cm³/mol. The Kier molecular flexibility index (Phi) is 36.3. The summed E-state index contributed by atoms with van der Waals surface area (Å²) in [5.41, 5.74) is 0. The summed E-state index contributed by atoms with van der Waals surface area (Å²) in [7, 11) is 0. The molecule has 0 aliphatic carbocycles. The average Bonchev–Trinajstić information content (AvgIpc) is 3.22. The molecule has 1 heterocycles. The minimum Gasteiger partial charge on any atom is -0.394 e. The molecule has 10 nitrogen and oxygen atoms in total. The number of amides is 1. The molecule has 1 aliphatic heterocycles. The normalized spacial score (nSPS) is 21.6. The van der Waals surface area contributed by atoms with Gasteiger partial charge in [-0.05, 0) is 44.9 Å². The summed E-state index contributed by atoms with van der Waals surface area (Å²) in [4.78, 5) is 13.1. The van der Waals surface area contributed by atoms with Crippen molar-refractivity contribution >= 4 is 5.91 Å². The first-order valence-corrected chi connectivity index (χ1v) is 24.1. The summed E-state index contributed by atoms with van der Waals surface area (Å²) in [5, 5.41) is 64.9.